The molecule has 3 heterocycles. The number of nitrogens with zero attached hydrogens (tertiary/aromatic N) is 4. The van der Waals surface area contributed by atoms with Crippen LogP contribution in [0.15, 0.2) is 47.0 Å². The van der Waals surface area contributed by atoms with E-state index in [2.05, 4.69) is 20.3 Å². The number of piperidine rings is 1. The van der Waals surface area contributed by atoms with Crippen molar-refractivity contribution in [1.29, 1.82) is 0 Å². The van der Waals surface area contributed by atoms with Crippen LogP contribution in [0.25, 0.3) is 11.5 Å². The van der Waals surface area contributed by atoms with E-state index in [0.29, 0.717) is 33.3 Å². The van der Waals surface area contributed by atoms with Crippen molar-refractivity contribution in [1.82, 2.24) is 19.7 Å². The highest BCUT2D eigenvalue weighted by Crippen LogP contribution is 2.22. The highest BCUT2D eigenvalue weighted by atomic mass is 35.5. The smallest absolute Gasteiger partial charge is 0.288 e. The summed E-state index contributed by atoms with van der Waals surface area (Å²) in [7, 11) is 0. The Labute approximate surface area is 188 Å². The van der Waals surface area contributed by atoms with Gasteiger partial charge in [0.15, 0.2) is 0 Å². The average Bonchev–Trinajstić information content (AvgIpc) is 3.11. The summed E-state index contributed by atoms with van der Waals surface area (Å²) in [5.74, 6) is 0.887. The van der Waals surface area contributed by atoms with Crippen LogP contribution in [0.1, 0.15) is 12.8 Å². The third-order valence-electron chi connectivity index (χ3n) is 4.97. The van der Waals surface area contributed by atoms with Crippen LogP contribution in [0.3, 0.4) is 0 Å². The van der Waals surface area contributed by atoms with Crippen LogP contribution in [0, 0.1) is 10.8 Å². The second kappa shape index (κ2) is 9.26. The van der Waals surface area contributed by atoms with Crippen molar-refractivity contribution in [3.05, 3.63) is 57.5 Å². The van der Waals surface area contributed by atoms with Crippen LogP contribution in [0.2, 0.25) is 10.0 Å². The molecule has 2 aromatic heterocycles. The maximum absolute atomic E-state index is 12.5. The fraction of sp³-hybridized carbons (Fsp3) is 0.300. The Balaban J connectivity index is 1.32. The summed E-state index contributed by atoms with van der Waals surface area (Å²) in [5, 5.41) is 8.52. The van der Waals surface area contributed by atoms with Gasteiger partial charge in [-0.05, 0) is 61.5 Å². The van der Waals surface area contributed by atoms with Gasteiger partial charge in [0.2, 0.25) is 11.8 Å². The fourth-order valence-electron chi connectivity index (χ4n) is 3.31. The van der Waals surface area contributed by atoms with Gasteiger partial charge in [-0.3, -0.25) is 9.69 Å². The van der Waals surface area contributed by atoms with Gasteiger partial charge >= 0.3 is 0 Å². The number of carbonyl (C=O) groups is 1. The van der Waals surface area contributed by atoms with Crippen molar-refractivity contribution < 1.29 is 9.21 Å². The van der Waals surface area contributed by atoms with Crippen LogP contribution in [0.5, 0.6) is 0 Å². The van der Waals surface area contributed by atoms with Crippen molar-refractivity contribution in [2.75, 3.05) is 18.4 Å². The maximum Gasteiger partial charge on any atom is 0.288 e. The van der Waals surface area contributed by atoms with Crippen molar-refractivity contribution in [3.8, 4) is 11.5 Å². The van der Waals surface area contributed by atoms with Gasteiger partial charge in [-0.25, -0.2) is 9.67 Å². The number of pyridine rings is 1. The second-order valence-corrected chi connectivity index (χ2v) is 8.29. The topological polar surface area (TPSA) is 76.2 Å². The van der Waals surface area contributed by atoms with Gasteiger partial charge in [-0.2, -0.15) is 0 Å². The lowest BCUT2D eigenvalue weighted by Gasteiger charge is -2.30. The highest BCUT2D eigenvalue weighted by Gasteiger charge is 2.26. The van der Waals surface area contributed by atoms with Crippen molar-refractivity contribution in [2.45, 2.75) is 19.5 Å². The number of aromatic nitrogens is 3. The Kier molecular flexibility index (Phi) is 6.48. The number of carbonyl (C=O) groups excluding carboxylic acids is 1. The summed E-state index contributed by atoms with van der Waals surface area (Å²) in [6, 6.07) is 10.6. The zero-order valence-corrected chi connectivity index (χ0v) is 18.3. The Bertz CT molecular complexity index is 1070. The third-order valence-corrected chi connectivity index (χ3v) is 5.74. The molecule has 30 heavy (non-hydrogen) atoms. The molecular weight excluding hydrogens is 445 g/mol. The number of nitrogens with one attached hydrogen (secondary N) is 1. The average molecular weight is 464 g/mol. The number of benzene rings is 1. The van der Waals surface area contributed by atoms with E-state index in [-0.39, 0.29) is 11.8 Å². The molecule has 7 nitrogen and oxygen atoms in total. The number of hydrogen-bond donors (Lipinski definition) is 1. The number of hydrogen-bond acceptors (Lipinski definition) is 6. The lowest BCUT2D eigenvalue weighted by Crippen LogP contribution is -2.39. The van der Waals surface area contributed by atoms with Gasteiger partial charge < -0.3 is 9.73 Å². The third kappa shape index (κ3) is 5.07. The van der Waals surface area contributed by atoms with Crippen molar-refractivity contribution in [2.24, 2.45) is 5.92 Å². The monoisotopic (exact) mass is 463 g/mol. The van der Waals surface area contributed by atoms with Gasteiger partial charge in [-0.15, -0.1) is 5.10 Å². The minimum Gasteiger partial charge on any atom is -0.409 e. The molecule has 4 rings (SSSR count). The normalized spacial score (nSPS) is 15.3. The second-order valence-electron chi connectivity index (χ2n) is 7.06. The maximum atomic E-state index is 12.5. The van der Waals surface area contributed by atoms with Crippen molar-refractivity contribution >= 4 is 47.1 Å². The molecule has 10 heteroatoms. The van der Waals surface area contributed by atoms with Gasteiger partial charge in [0.05, 0.1) is 11.7 Å². The van der Waals surface area contributed by atoms with Gasteiger partial charge in [0.1, 0.15) is 5.82 Å². The Hall–Kier alpha value is -2.26. The number of likely N-dealkylation sites (tertiary alicyclic amines) is 1. The summed E-state index contributed by atoms with van der Waals surface area (Å²) in [5.41, 5.74) is 0.815. The van der Waals surface area contributed by atoms with Gasteiger partial charge in [-0.1, -0.05) is 23.2 Å². The quantitative estimate of drug-likeness (QED) is 0.543. The summed E-state index contributed by atoms with van der Waals surface area (Å²) >= 11 is 17.1. The summed E-state index contributed by atoms with van der Waals surface area (Å²) in [6.45, 7) is 2.04. The molecule has 1 aliphatic heterocycles. The molecule has 0 unspecified atom stereocenters. The standard InChI is InChI=1S/C20H19Cl2N5O2S/c21-15-3-1-14(2-4-15)19-25-27(20(30)29-19)12-26-9-7-13(8-10-26)18(28)24-17-6-5-16(22)11-23-17/h1-6,11,13H,7-10,12H2,(H,23,24,28). The number of rotatable bonds is 5. The van der Waals surface area contributed by atoms with Gasteiger partial charge in [0, 0.05) is 35.8 Å². The van der Waals surface area contributed by atoms with Crippen LogP contribution < -0.4 is 5.32 Å². The predicted molar refractivity (Wildman–Crippen MR) is 118 cm³/mol. The SMILES string of the molecule is O=C(Nc1ccc(Cl)cn1)C1CCN(Cn2nc(-c3ccc(Cl)cc3)oc2=S)CC1. The molecule has 0 atom stereocenters. The zero-order chi connectivity index (χ0) is 21.1. The molecule has 1 fully saturated rings. The van der Waals surface area contributed by atoms with E-state index in [1.54, 1.807) is 28.9 Å². The van der Waals surface area contributed by atoms with Crippen LogP contribution in [0.4, 0.5) is 5.82 Å². The molecule has 0 radical (unpaired) electrons. The first-order valence-corrected chi connectivity index (χ1v) is 10.6. The predicted octanol–water partition coefficient (Wildman–Crippen LogP) is 4.88. The molecule has 1 saturated heterocycles. The fourth-order valence-corrected chi connectivity index (χ4v) is 3.72. The van der Waals surface area contributed by atoms with E-state index in [0.717, 1.165) is 31.5 Å². The summed E-state index contributed by atoms with van der Waals surface area (Å²) < 4.78 is 7.30. The molecule has 1 aromatic carbocycles. The van der Waals surface area contributed by atoms with Crippen LogP contribution >= 0.6 is 35.4 Å². The molecule has 1 aliphatic rings. The molecule has 0 saturated carbocycles. The molecule has 0 spiro atoms. The first kappa shape index (κ1) is 21.0. The van der Waals surface area contributed by atoms with E-state index in [4.69, 9.17) is 39.8 Å². The lowest BCUT2D eigenvalue weighted by atomic mass is 9.96. The van der Waals surface area contributed by atoms with E-state index in [1.807, 2.05) is 12.1 Å². The first-order chi connectivity index (χ1) is 14.5. The van der Waals surface area contributed by atoms with Crippen LogP contribution in [-0.4, -0.2) is 38.7 Å². The molecule has 1 amide bonds. The molecule has 3 aromatic rings. The summed E-state index contributed by atoms with van der Waals surface area (Å²) in [6.07, 6.45) is 3.00. The van der Waals surface area contributed by atoms with E-state index >= 15 is 0 Å². The number of anilines is 1. The molecule has 0 aliphatic carbocycles. The molecule has 0 bridgehead atoms. The highest BCUT2D eigenvalue weighted by molar-refractivity contribution is 7.71. The first-order valence-electron chi connectivity index (χ1n) is 9.46. The minimum absolute atomic E-state index is 0.0208. The van der Waals surface area contributed by atoms with E-state index < -0.39 is 0 Å². The lowest BCUT2D eigenvalue weighted by molar-refractivity contribution is -0.121. The molecular formula is C20H19Cl2N5O2S. The Morgan fingerprint density at radius 1 is 1.13 bits per heavy atom. The summed E-state index contributed by atoms with van der Waals surface area (Å²) in [4.78, 5) is 19.1. The van der Waals surface area contributed by atoms with Crippen LogP contribution in [-0.2, 0) is 11.5 Å². The molecule has 1 N–H and O–H groups in total. The van der Waals surface area contributed by atoms with E-state index in [1.165, 1.54) is 6.20 Å². The van der Waals surface area contributed by atoms with E-state index in [9.17, 15) is 4.79 Å². The largest absolute Gasteiger partial charge is 0.409 e. The number of halogens is 2. The Morgan fingerprint density at radius 2 is 1.83 bits per heavy atom. The zero-order valence-electron chi connectivity index (χ0n) is 15.9. The van der Waals surface area contributed by atoms with Gasteiger partial charge in [0.25, 0.3) is 4.84 Å². The van der Waals surface area contributed by atoms with Crippen molar-refractivity contribution in [3.63, 3.8) is 0 Å². The molecule has 156 valence electrons. The Morgan fingerprint density at radius 3 is 2.50 bits per heavy atom. The minimum atomic E-state index is -0.0614. The number of amides is 1.